The fourth-order valence-corrected chi connectivity index (χ4v) is 1.54. The van der Waals surface area contributed by atoms with Crippen molar-refractivity contribution in [1.29, 1.82) is 0 Å². The number of fused-ring (bicyclic) bond motifs is 1. The summed E-state index contributed by atoms with van der Waals surface area (Å²) in [5.41, 5.74) is 2.08. The lowest BCUT2D eigenvalue weighted by atomic mass is 10.2. The van der Waals surface area contributed by atoms with Crippen molar-refractivity contribution in [2.75, 3.05) is 0 Å². The van der Waals surface area contributed by atoms with Gasteiger partial charge in [0, 0.05) is 10.3 Å². The monoisotopic (exact) mass is 179 g/mol. The van der Waals surface area contributed by atoms with Crippen LogP contribution in [0.3, 0.4) is 0 Å². The summed E-state index contributed by atoms with van der Waals surface area (Å²) in [6.45, 7) is 2.02. The SMILES string of the molecule is Cc1coc2ccc(SN)cc12. The molecule has 0 unspecified atom stereocenters. The second-order valence-corrected chi connectivity index (χ2v) is 3.40. The van der Waals surface area contributed by atoms with Crippen LogP contribution in [0.4, 0.5) is 0 Å². The molecule has 1 heterocycles. The van der Waals surface area contributed by atoms with Crippen molar-refractivity contribution in [2.24, 2.45) is 5.14 Å². The summed E-state index contributed by atoms with van der Waals surface area (Å²) >= 11 is 1.25. The van der Waals surface area contributed by atoms with Gasteiger partial charge in [-0.3, -0.25) is 5.14 Å². The van der Waals surface area contributed by atoms with E-state index in [1.54, 1.807) is 6.26 Å². The molecular weight excluding hydrogens is 170 g/mol. The Hall–Kier alpha value is -0.930. The van der Waals surface area contributed by atoms with E-state index in [1.165, 1.54) is 11.9 Å². The number of furan rings is 1. The van der Waals surface area contributed by atoms with E-state index in [0.29, 0.717) is 0 Å². The molecule has 0 aliphatic carbocycles. The summed E-state index contributed by atoms with van der Waals surface area (Å²) in [6.07, 6.45) is 1.76. The molecular formula is C9H9NOS. The zero-order valence-electron chi connectivity index (χ0n) is 6.70. The number of rotatable bonds is 1. The molecule has 62 valence electrons. The molecule has 3 heteroatoms. The first-order chi connectivity index (χ1) is 5.81. The van der Waals surface area contributed by atoms with Crippen molar-refractivity contribution in [3.63, 3.8) is 0 Å². The normalized spacial score (nSPS) is 10.8. The van der Waals surface area contributed by atoms with Crippen molar-refractivity contribution in [3.8, 4) is 0 Å². The van der Waals surface area contributed by atoms with E-state index < -0.39 is 0 Å². The molecule has 0 saturated carbocycles. The first-order valence-corrected chi connectivity index (χ1v) is 4.54. The van der Waals surface area contributed by atoms with Crippen molar-refractivity contribution >= 4 is 22.9 Å². The van der Waals surface area contributed by atoms with Crippen LogP contribution in [-0.2, 0) is 0 Å². The van der Waals surface area contributed by atoms with E-state index in [4.69, 9.17) is 9.56 Å². The topological polar surface area (TPSA) is 39.2 Å². The van der Waals surface area contributed by atoms with Crippen LogP contribution in [0.25, 0.3) is 11.0 Å². The second-order valence-electron chi connectivity index (χ2n) is 2.69. The first kappa shape index (κ1) is 7.71. The molecule has 2 N–H and O–H groups in total. The smallest absolute Gasteiger partial charge is 0.134 e. The van der Waals surface area contributed by atoms with E-state index in [2.05, 4.69) is 0 Å². The van der Waals surface area contributed by atoms with Crippen LogP contribution < -0.4 is 5.14 Å². The van der Waals surface area contributed by atoms with Crippen molar-refractivity contribution in [1.82, 2.24) is 0 Å². The first-order valence-electron chi connectivity index (χ1n) is 3.66. The predicted molar refractivity (Wildman–Crippen MR) is 51.0 cm³/mol. The maximum Gasteiger partial charge on any atom is 0.134 e. The third kappa shape index (κ3) is 1.11. The number of benzene rings is 1. The van der Waals surface area contributed by atoms with Crippen LogP contribution in [0.1, 0.15) is 5.56 Å². The van der Waals surface area contributed by atoms with Gasteiger partial charge in [-0.05, 0) is 42.6 Å². The van der Waals surface area contributed by atoms with Gasteiger partial charge in [0.25, 0.3) is 0 Å². The summed E-state index contributed by atoms with van der Waals surface area (Å²) < 4.78 is 5.30. The standard InChI is InChI=1S/C9H9NOS/c1-6-5-11-9-3-2-7(12-10)4-8(6)9/h2-5H,10H2,1H3. The van der Waals surface area contributed by atoms with E-state index >= 15 is 0 Å². The van der Waals surface area contributed by atoms with Crippen molar-refractivity contribution < 1.29 is 4.42 Å². The minimum atomic E-state index is 0.922. The molecule has 0 aliphatic rings. The summed E-state index contributed by atoms with van der Waals surface area (Å²) in [4.78, 5) is 1.06. The molecule has 0 aliphatic heterocycles. The van der Waals surface area contributed by atoms with Gasteiger partial charge in [-0.2, -0.15) is 0 Å². The van der Waals surface area contributed by atoms with E-state index in [-0.39, 0.29) is 0 Å². The molecule has 0 radical (unpaired) electrons. The van der Waals surface area contributed by atoms with E-state index in [1.807, 2.05) is 25.1 Å². The van der Waals surface area contributed by atoms with Gasteiger partial charge in [0.1, 0.15) is 5.58 Å². The average Bonchev–Trinajstić information content (AvgIpc) is 2.47. The maximum absolute atomic E-state index is 5.45. The molecule has 0 fully saturated rings. The van der Waals surface area contributed by atoms with Gasteiger partial charge >= 0.3 is 0 Å². The highest BCUT2D eigenvalue weighted by atomic mass is 32.2. The van der Waals surface area contributed by atoms with Crippen molar-refractivity contribution in [2.45, 2.75) is 11.8 Å². The molecule has 0 amide bonds. The fourth-order valence-electron chi connectivity index (χ4n) is 1.21. The van der Waals surface area contributed by atoms with Gasteiger partial charge < -0.3 is 4.42 Å². The van der Waals surface area contributed by atoms with E-state index in [9.17, 15) is 0 Å². The molecule has 12 heavy (non-hydrogen) atoms. The van der Waals surface area contributed by atoms with Gasteiger partial charge in [0.15, 0.2) is 0 Å². The predicted octanol–water partition coefficient (Wildman–Crippen LogP) is 2.71. The lowest BCUT2D eigenvalue weighted by molar-refractivity contribution is 0.613. The Morgan fingerprint density at radius 2 is 2.25 bits per heavy atom. The Balaban J connectivity index is 2.71. The van der Waals surface area contributed by atoms with Gasteiger partial charge in [0.05, 0.1) is 6.26 Å². The molecule has 0 bridgehead atoms. The molecule has 0 saturated heterocycles. The zero-order chi connectivity index (χ0) is 8.55. The Labute approximate surface area is 74.9 Å². The molecule has 1 aromatic heterocycles. The highest BCUT2D eigenvalue weighted by molar-refractivity contribution is 7.97. The van der Waals surface area contributed by atoms with Crippen LogP contribution in [0.5, 0.6) is 0 Å². The van der Waals surface area contributed by atoms with E-state index in [0.717, 1.165) is 21.4 Å². The summed E-state index contributed by atoms with van der Waals surface area (Å²) in [5, 5.41) is 6.59. The molecule has 0 atom stereocenters. The Kier molecular flexibility index (Phi) is 1.83. The summed E-state index contributed by atoms with van der Waals surface area (Å²) in [6, 6.07) is 5.94. The number of nitrogens with two attached hydrogens (primary N) is 1. The molecule has 2 aromatic rings. The van der Waals surface area contributed by atoms with Crippen molar-refractivity contribution in [3.05, 3.63) is 30.0 Å². The molecule has 1 aromatic carbocycles. The van der Waals surface area contributed by atoms with Gasteiger partial charge in [-0.15, -0.1) is 0 Å². The Bertz CT molecular complexity index is 408. The van der Waals surface area contributed by atoms with Crippen LogP contribution >= 0.6 is 11.9 Å². The second kappa shape index (κ2) is 2.84. The van der Waals surface area contributed by atoms with Crippen LogP contribution in [-0.4, -0.2) is 0 Å². The maximum atomic E-state index is 5.45. The van der Waals surface area contributed by atoms with Crippen LogP contribution in [0.2, 0.25) is 0 Å². The van der Waals surface area contributed by atoms with Gasteiger partial charge in [-0.1, -0.05) is 0 Å². The third-order valence-corrected chi connectivity index (χ3v) is 2.40. The number of hydrogen-bond acceptors (Lipinski definition) is 3. The number of aryl methyl sites for hydroxylation is 1. The zero-order valence-corrected chi connectivity index (χ0v) is 7.52. The summed E-state index contributed by atoms with van der Waals surface area (Å²) in [5.74, 6) is 0. The minimum absolute atomic E-state index is 0.922. The van der Waals surface area contributed by atoms with Crippen LogP contribution in [0.15, 0.2) is 33.8 Å². The Morgan fingerprint density at radius 3 is 3.00 bits per heavy atom. The molecule has 2 nitrogen and oxygen atoms in total. The largest absolute Gasteiger partial charge is 0.464 e. The lowest BCUT2D eigenvalue weighted by Crippen LogP contribution is -1.78. The number of hydrogen-bond donors (Lipinski definition) is 1. The third-order valence-electron chi connectivity index (χ3n) is 1.87. The fraction of sp³-hybridized carbons (Fsp3) is 0.111. The highest BCUT2D eigenvalue weighted by Gasteiger charge is 2.01. The lowest BCUT2D eigenvalue weighted by Gasteiger charge is -1.94. The molecule has 2 rings (SSSR count). The Morgan fingerprint density at radius 1 is 1.42 bits per heavy atom. The highest BCUT2D eigenvalue weighted by Crippen LogP contribution is 2.24. The minimum Gasteiger partial charge on any atom is -0.464 e. The van der Waals surface area contributed by atoms with Crippen LogP contribution in [0, 0.1) is 6.92 Å². The average molecular weight is 179 g/mol. The quantitative estimate of drug-likeness (QED) is 0.684. The van der Waals surface area contributed by atoms with Gasteiger partial charge in [0.2, 0.25) is 0 Å². The van der Waals surface area contributed by atoms with Gasteiger partial charge in [-0.25, -0.2) is 0 Å². The summed E-state index contributed by atoms with van der Waals surface area (Å²) in [7, 11) is 0. The molecule has 0 spiro atoms.